The molecule has 2 aromatic heterocycles. The highest BCUT2D eigenvalue weighted by Gasteiger charge is 2.27. The zero-order valence-corrected chi connectivity index (χ0v) is 17.7. The second kappa shape index (κ2) is 8.25. The number of fused-ring (bicyclic) bond motifs is 1. The highest BCUT2D eigenvalue weighted by atomic mass is 127. The van der Waals surface area contributed by atoms with Gasteiger partial charge in [-0.3, -0.25) is 4.79 Å². The predicted octanol–water partition coefficient (Wildman–Crippen LogP) is 5.64. The molecular formula is C20H23IN2O2S. The molecule has 2 aliphatic carbocycles. The predicted molar refractivity (Wildman–Crippen MR) is 114 cm³/mol. The van der Waals surface area contributed by atoms with E-state index in [0.29, 0.717) is 6.04 Å². The van der Waals surface area contributed by atoms with E-state index in [4.69, 9.17) is 4.42 Å². The number of hydrogen-bond donors (Lipinski definition) is 1. The van der Waals surface area contributed by atoms with Crippen LogP contribution in [0, 0.1) is 3.77 Å². The van der Waals surface area contributed by atoms with Gasteiger partial charge in [-0.2, -0.15) is 0 Å². The molecule has 2 aliphatic rings. The van der Waals surface area contributed by atoms with Gasteiger partial charge in [0.25, 0.3) is 5.91 Å². The van der Waals surface area contributed by atoms with Crippen LogP contribution in [-0.2, 0) is 12.8 Å². The van der Waals surface area contributed by atoms with Crippen molar-refractivity contribution >= 4 is 51.1 Å². The molecule has 4 nitrogen and oxygen atoms in total. The molecule has 0 atom stereocenters. The summed E-state index contributed by atoms with van der Waals surface area (Å²) in [5, 5.41) is 4.11. The third-order valence-corrected chi connectivity index (χ3v) is 7.00. The van der Waals surface area contributed by atoms with Crippen LogP contribution in [-0.4, -0.2) is 18.2 Å². The van der Waals surface area contributed by atoms with Crippen LogP contribution < -0.4 is 5.32 Å². The van der Waals surface area contributed by atoms with Crippen molar-refractivity contribution in [3.05, 3.63) is 37.7 Å². The Hall–Kier alpha value is -1.15. The van der Waals surface area contributed by atoms with E-state index in [1.54, 1.807) is 17.6 Å². The molecule has 0 aromatic carbocycles. The van der Waals surface area contributed by atoms with E-state index in [2.05, 4.69) is 32.9 Å². The van der Waals surface area contributed by atoms with Gasteiger partial charge in [0.15, 0.2) is 3.77 Å². The Balaban J connectivity index is 1.61. The number of hydrogen-bond acceptors (Lipinski definition) is 4. The van der Waals surface area contributed by atoms with Gasteiger partial charge >= 0.3 is 0 Å². The average molecular weight is 482 g/mol. The molecule has 0 unspecified atom stereocenters. The van der Waals surface area contributed by atoms with Gasteiger partial charge in [0, 0.05) is 10.9 Å². The van der Waals surface area contributed by atoms with Crippen LogP contribution in [0.4, 0.5) is 5.00 Å². The minimum Gasteiger partial charge on any atom is -0.449 e. The van der Waals surface area contributed by atoms with Crippen LogP contribution >= 0.6 is 33.9 Å². The van der Waals surface area contributed by atoms with E-state index < -0.39 is 0 Å². The van der Waals surface area contributed by atoms with Crippen LogP contribution in [0.2, 0.25) is 0 Å². The summed E-state index contributed by atoms with van der Waals surface area (Å²) >= 11 is 3.82. The maximum absolute atomic E-state index is 13.1. The number of nitrogens with one attached hydrogen (secondary N) is 1. The van der Waals surface area contributed by atoms with E-state index in [9.17, 15) is 4.79 Å². The number of thiophene rings is 1. The number of aryl methyl sites for hydroxylation is 1. The topological polar surface area (TPSA) is 54.6 Å². The van der Waals surface area contributed by atoms with Gasteiger partial charge in [-0.25, -0.2) is 4.99 Å². The molecule has 1 amide bonds. The van der Waals surface area contributed by atoms with E-state index >= 15 is 0 Å². The minimum absolute atomic E-state index is 0.0671. The first kappa shape index (κ1) is 18.2. The summed E-state index contributed by atoms with van der Waals surface area (Å²) in [7, 11) is 0. The maximum Gasteiger partial charge on any atom is 0.254 e. The lowest BCUT2D eigenvalue weighted by Crippen LogP contribution is -2.36. The van der Waals surface area contributed by atoms with Crippen molar-refractivity contribution < 1.29 is 9.21 Å². The monoisotopic (exact) mass is 482 g/mol. The minimum atomic E-state index is 0.0671. The molecule has 1 fully saturated rings. The molecule has 0 bridgehead atoms. The fourth-order valence-corrected chi connectivity index (χ4v) is 5.57. The highest BCUT2D eigenvalue weighted by Crippen LogP contribution is 2.40. The summed E-state index contributed by atoms with van der Waals surface area (Å²) in [5.74, 6) is 0.789. The summed E-state index contributed by atoms with van der Waals surface area (Å²) < 4.78 is 6.41. The van der Waals surface area contributed by atoms with Gasteiger partial charge in [-0.15, -0.1) is 11.3 Å². The van der Waals surface area contributed by atoms with Gasteiger partial charge in [0.2, 0.25) is 0 Å². The number of rotatable bonds is 4. The second-order valence-electron chi connectivity index (χ2n) is 7.10. The number of aliphatic imine (C=N–C) groups is 1. The maximum atomic E-state index is 13.1. The fraction of sp³-hybridized carbons (Fsp3) is 0.500. The Kier molecular flexibility index (Phi) is 5.78. The molecule has 0 spiro atoms. The largest absolute Gasteiger partial charge is 0.449 e. The first-order valence-electron chi connectivity index (χ1n) is 9.45. The number of amides is 1. The fourth-order valence-electron chi connectivity index (χ4n) is 3.90. The molecule has 26 heavy (non-hydrogen) atoms. The normalized spacial score (nSPS) is 18.2. The Morgan fingerprint density at radius 3 is 2.77 bits per heavy atom. The van der Waals surface area contributed by atoms with E-state index in [0.717, 1.165) is 52.2 Å². The lowest BCUT2D eigenvalue weighted by Gasteiger charge is -2.23. The highest BCUT2D eigenvalue weighted by molar-refractivity contribution is 14.1. The lowest BCUT2D eigenvalue weighted by atomic mass is 9.93. The van der Waals surface area contributed by atoms with Crippen LogP contribution in [0.1, 0.15) is 71.5 Å². The molecule has 1 saturated carbocycles. The van der Waals surface area contributed by atoms with Crippen LogP contribution in [0.5, 0.6) is 0 Å². The Morgan fingerprint density at radius 2 is 2.00 bits per heavy atom. The Labute approximate surface area is 171 Å². The van der Waals surface area contributed by atoms with E-state index in [1.165, 1.54) is 36.1 Å². The Bertz CT molecular complexity index is 818. The summed E-state index contributed by atoms with van der Waals surface area (Å²) in [4.78, 5) is 19.1. The van der Waals surface area contributed by atoms with Gasteiger partial charge in [0.05, 0.1) is 11.8 Å². The summed E-state index contributed by atoms with van der Waals surface area (Å²) in [6.07, 6.45) is 12.1. The van der Waals surface area contributed by atoms with Crippen molar-refractivity contribution in [2.45, 2.75) is 63.8 Å². The average Bonchev–Trinajstić information content (AvgIpc) is 3.23. The molecule has 138 valence electrons. The first-order valence-corrected chi connectivity index (χ1v) is 11.3. The molecule has 6 heteroatoms. The van der Waals surface area contributed by atoms with Crippen molar-refractivity contribution in [2.24, 2.45) is 4.99 Å². The molecule has 2 aromatic rings. The number of furan rings is 1. The van der Waals surface area contributed by atoms with Crippen molar-refractivity contribution in [3.63, 3.8) is 0 Å². The molecule has 4 rings (SSSR count). The van der Waals surface area contributed by atoms with Gasteiger partial charge in [-0.05, 0) is 78.8 Å². The van der Waals surface area contributed by atoms with Crippen molar-refractivity contribution in [2.75, 3.05) is 0 Å². The van der Waals surface area contributed by atoms with Gasteiger partial charge in [0.1, 0.15) is 10.8 Å². The van der Waals surface area contributed by atoms with Gasteiger partial charge < -0.3 is 9.73 Å². The summed E-state index contributed by atoms with van der Waals surface area (Å²) in [5.41, 5.74) is 2.04. The van der Waals surface area contributed by atoms with Crippen molar-refractivity contribution in [1.29, 1.82) is 0 Å². The van der Waals surface area contributed by atoms with Gasteiger partial charge in [-0.1, -0.05) is 19.3 Å². The lowest BCUT2D eigenvalue weighted by molar-refractivity contribution is 0.0927. The number of halogens is 1. The molecular weight excluding hydrogens is 459 g/mol. The molecule has 1 N–H and O–H groups in total. The Morgan fingerprint density at radius 1 is 1.19 bits per heavy atom. The van der Waals surface area contributed by atoms with Crippen molar-refractivity contribution in [1.82, 2.24) is 5.32 Å². The van der Waals surface area contributed by atoms with E-state index in [-0.39, 0.29) is 5.91 Å². The quantitative estimate of drug-likeness (QED) is 0.453. The summed E-state index contributed by atoms with van der Waals surface area (Å²) in [6, 6.07) is 4.14. The first-order chi connectivity index (χ1) is 12.7. The van der Waals surface area contributed by atoms with Crippen LogP contribution in [0.3, 0.4) is 0 Å². The third kappa shape index (κ3) is 4.06. The summed E-state index contributed by atoms with van der Waals surface area (Å²) in [6.45, 7) is 0. The zero-order valence-electron chi connectivity index (χ0n) is 14.7. The SMILES string of the molecule is O=C(NC1CCCCC1)c1c(N=Cc2ccc(I)o2)sc2c1CCCC2. The smallest absolute Gasteiger partial charge is 0.254 e. The third-order valence-electron chi connectivity index (χ3n) is 5.22. The van der Waals surface area contributed by atoms with Crippen molar-refractivity contribution in [3.8, 4) is 0 Å². The molecule has 0 radical (unpaired) electrons. The second-order valence-corrected chi connectivity index (χ2v) is 9.25. The molecule has 2 heterocycles. The number of carbonyl (C=O) groups excluding carboxylic acids is 1. The molecule has 0 saturated heterocycles. The molecule has 0 aliphatic heterocycles. The van der Waals surface area contributed by atoms with E-state index in [1.807, 2.05) is 12.1 Å². The van der Waals surface area contributed by atoms with Crippen LogP contribution in [0.15, 0.2) is 21.5 Å². The van der Waals surface area contributed by atoms with Crippen LogP contribution in [0.25, 0.3) is 0 Å². The number of carbonyl (C=O) groups is 1. The zero-order chi connectivity index (χ0) is 17.9. The number of nitrogens with zero attached hydrogens (tertiary/aromatic N) is 1. The standard InChI is InChI=1S/C20H23IN2O2S/c21-17-11-10-14(25-17)12-22-20-18(15-8-4-5-9-16(15)26-20)19(24)23-13-6-2-1-3-7-13/h10-13H,1-9H2,(H,23,24).